The van der Waals surface area contributed by atoms with E-state index in [0.717, 1.165) is 31.4 Å². The first-order valence-electron chi connectivity index (χ1n) is 6.28. The topological polar surface area (TPSA) is 34.1 Å². The van der Waals surface area contributed by atoms with Gasteiger partial charge < -0.3 is 0 Å². The van der Waals surface area contributed by atoms with Gasteiger partial charge in [0.25, 0.3) is 0 Å². The predicted octanol–water partition coefficient (Wildman–Crippen LogP) is 3.61. The highest BCUT2D eigenvalue weighted by Crippen LogP contribution is 2.20. The van der Waals surface area contributed by atoms with Gasteiger partial charge in [-0.3, -0.25) is 9.59 Å². The largest absolute Gasteiger partial charge is 0.295 e. The lowest BCUT2D eigenvalue weighted by molar-refractivity contribution is -0.115. The van der Waals surface area contributed by atoms with E-state index in [1.165, 1.54) is 0 Å². The van der Waals surface area contributed by atoms with Crippen LogP contribution in [0.15, 0.2) is 29.8 Å². The van der Waals surface area contributed by atoms with Gasteiger partial charge in [-0.25, -0.2) is 8.78 Å². The molecule has 0 aliphatic heterocycles. The van der Waals surface area contributed by atoms with Crippen molar-refractivity contribution in [3.8, 4) is 0 Å². The zero-order chi connectivity index (χ0) is 13.8. The fourth-order valence-electron chi connectivity index (χ4n) is 2.14. The molecule has 0 unspecified atom stereocenters. The molecule has 2 nitrogen and oxygen atoms in total. The summed E-state index contributed by atoms with van der Waals surface area (Å²) >= 11 is 0. The van der Waals surface area contributed by atoms with E-state index < -0.39 is 17.4 Å². The minimum atomic E-state index is -0.883. The number of rotatable bonds is 3. The van der Waals surface area contributed by atoms with Crippen LogP contribution in [0.2, 0.25) is 0 Å². The Bertz CT molecular complexity index is 547. The van der Waals surface area contributed by atoms with Crippen LogP contribution >= 0.6 is 0 Å². The fraction of sp³-hybridized carbons (Fsp3) is 0.333. The molecular weight excluding hydrogens is 250 g/mol. The monoisotopic (exact) mass is 264 g/mol. The van der Waals surface area contributed by atoms with Crippen LogP contribution in [-0.4, -0.2) is 11.6 Å². The number of benzene rings is 1. The number of hydrogen-bond donors (Lipinski definition) is 0. The number of allylic oxidation sites excluding steroid dienone is 2. The summed E-state index contributed by atoms with van der Waals surface area (Å²) in [4.78, 5) is 23.7. The third-order valence-electron chi connectivity index (χ3n) is 3.19. The number of Topliss-reactive ketones (excluding diaryl/α,β-unsaturated/α-hetero) is 2. The Kier molecular flexibility index (Phi) is 4.20. The standard InChI is InChI=1S/C15H14F2O2/c16-11-6-7-12(13(17)9-11)15(19)8-10-4-2-1-3-5-14(10)18/h4,6-7,9H,1-3,5,8H2. The maximum atomic E-state index is 13.5. The molecule has 4 heteroatoms. The minimum Gasteiger partial charge on any atom is -0.295 e. The van der Waals surface area contributed by atoms with E-state index in [1.54, 1.807) is 6.08 Å². The van der Waals surface area contributed by atoms with Crippen LogP contribution in [0.3, 0.4) is 0 Å². The molecule has 0 fully saturated rings. The fourth-order valence-corrected chi connectivity index (χ4v) is 2.14. The van der Waals surface area contributed by atoms with Crippen LogP contribution in [-0.2, 0) is 4.79 Å². The molecule has 0 radical (unpaired) electrons. The van der Waals surface area contributed by atoms with Crippen molar-refractivity contribution in [2.24, 2.45) is 0 Å². The summed E-state index contributed by atoms with van der Waals surface area (Å²) in [7, 11) is 0. The molecular formula is C15H14F2O2. The Balaban J connectivity index is 2.16. The number of carbonyl (C=O) groups excluding carboxylic acids is 2. The molecule has 0 spiro atoms. The van der Waals surface area contributed by atoms with E-state index in [9.17, 15) is 18.4 Å². The molecule has 0 heterocycles. The van der Waals surface area contributed by atoms with Gasteiger partial charge in [0.05, 0.1) is 5.56 Å². The van der Waals surface area contributed by atoms with Gasteiger partial charge in [0.1, 0.15) is 11.6 Å². The van der Waals surface area contributed by atoms with E-state index in [2.05, 4.69) is 0 Å². The van der Waals surface area contributed by atoms with Gasteiger partial charge in [-0.05, 0) is 37.0 Å². The van der Waals surface area contributed by atoms with Crippen molar-refractivity contribution >= 4 is 11.6 Å². The molecule has 1 aliphatic carbocycles. The second-order valence-corrected chi connectivity index (χ2v) is 4.62. The average Bonchev–Trinajstić information content (AvgIpc) is 2.55. The van der Waals surface area contributed by atoms with E-state index in [1.807, 2.05) is 0 Å². The highest BCUT2D eigenvalue weighted by atomic mass is 19.1. The summed E-state index contributed by atoms with van der Waals surface area (Å²) in [5, 5.41) is 0. The zero-order valence-electron chi connectivity index (χ0n) is 10.4. The highest BCUT2D eigenvalue weighted by molar-refractivity contribution is 6.05. The molecule has 0 saturated carbocycles. The molecule has 1 aromatic carbocycles. The second-order valence-electron chi connectivity index (χ2n) is 4.62. The predicted molar refractivity (Wildman–Crippen MR) is 66.9 cm³/mol. The van der Waals surface area contributed by atoms with E-state index in [-0.39, 0.29) is 17.8 Å². The Hall–Kier alpha value is -1.84. The quantitative estimate of drug-likeness (QED) is 0.781. The molecule has 19 heavy (non-hydrogen) atoms. The molecule has 0 atom stereocenters. The third kappa shape index (κ3) is 3.34. The van der Waals surface area contributed by atoms with Crippen molar-refractivity contribution in [1.29, 1.82) is 0 Å². The molecule has 0 saturated heterocycles. The van der Waals surface area contributed by atoms with Crippen molar-refractivity contribution in [3.63, 3.8) is 0 Å². The first-order valence-corrected chi connectivity index (χ1v) is 6.28. The van der Waals surface area contributed by atoms with Gasteiger partial charge in [0, 0.05) is 18.9 Å². The SMILES string of the molecule is O=C1CCCCC=C1CC(=O)c1ccc(F)cc1F. The molecule has 0 bridgehead atoms. The lowest BCUT2D eigenvalue weighted by Crippen LogP contribution is -2.09. The van der Waals surface area contributed by atoms with Crippen LogP contribution in [0.25, 0.3) is 0 Å². The molecule has 0 N–H and O–H groups in total. The molecule has 1 aliphatic rings. The smallest absolute Gasteiger partial charge is 0.170 e. The maximum Gasteiger partial charge on any atom is 0.170 e. The summed E-state index contributed by atoms with van der Waals surface area (Å²) in [6, 6.07) is 2.84. The number of ketones is 2. The van der Waals surface area contributed by atoms with E-state index in [0.29, 0.717) is 18.1 Å². The van der Waals surface area contributed by atoms with E-state index in [4.69, 9.17) is 0 Å². The van der Waals surface area contributed by atoms with Crippen molar-refractivity contribution in [1.82, 2.24) is 0 Å². The van der Waals surface area contributed by atoms with Crippen molar-refractivity contribution in [2.45, 2.75) is 32.1 Å². The molecule has 0 aromatic heterocycles. The summed E-state index contributed by atoms with van der Waals surface area (Å²) in [5.74, 6) is -2.14. The Labute approximate surface area is 110 Å². The third-order valence-corrected chi connectivity index (χ3v) is 3.19. The first kappa shape index (κ1) is 13.6. The second kappa shape index (κ2) is 5.87. The van der Waals surface area contributed by atoms with E-state index >= 15 is 0 Å². The lowest BCUT2D eigenvalue weighted by atomic mass is 9.98. The Morgan fingerprint density at radius 2 is 2.00 bits per heavy atom. The molecule has 100 valence electrons. The molecule has 2 rings (SSSR count). The molecule has 1 aromatic rings. The summed E-state index contributed by atoms with van der Waals surface area (Å²) in [6.07, 6.45) is 4.59. The number of carbonyl (C=O) groups is 2. The van der Waals surface area contributed by atoms with Crippen LogP contribution in [0.5, 0.6) is 0 Å². The van der Waals surface area contributed by atoms with Gasteiger partial charge in [-0.2, -0.15) is 0 Å². The van der Waals surface area contributed by atoms with Gasteiger partial charge in [0.2, 0.25) is 0 Å². The van der Waals surface area contributed by atoms with Crippen molar-refractivity contribution < 1.29 is 18.4 Å². The van der Waals surface area contributed by atoms with Gasteiger partial charge in [-0.1, -0.05) is 6.08 Å². The maximum absolute atomic E-state index is 13.5. The van der Waals surface area contributed by atoms with Crippen molar-refractivity contribution in [3.05, 3.63) is 47.0 Å². The van der Waals surface area contributed by atoms with Crippen LogP contribution in [0.4, 0.5) is 8.78 Å². The number of hydrogen-bond acceptors (Lipinski definition) is 2. The van der Waals surface area contributed by atoms with Gasteiger partial charge in [-0.15, -0.1) is 0 Å². The molecule has 0 amide bonds. The van der Waals surface area contributed by atoms with Crippen LogP contribution in [0, 0.1) is 11.6 Å². The summed E-state index contributed by atoms with van der Waals surface area (Å²) < 4.78 is 26.2. The van der Waals surface area contributed by atoms with Crippen LogP contribution in [0.1, 0.15) is 42.5 Å². The minimum absolute atomic E-state index is 0.0478. The Morgan fingerprint density at radius 1 is 1.21 bits per heavy atom. The summed E-state index contributed by atoms with van der Waals surface area (Å²) in [6.45, 7) is 0. The normalized spacial score (nSPS) is 15.9. The average molecular weight is 264 g/mol. The Morgan fingerprint density at radius 3 is 2.74 bits per heavy atom. The zero-order valence-corrected chi connectivity index (χ0v) is 10.4. The highest BCUT2D eigenvalue weighted by Gasteiger charge is 2.19. The van der Waals surface area contributed by atoms with Gasteiger partial charge in [0.15, 0.2) is 11.6 Å². The number of halogens is 2. The van der Waals surface area contributed by atoms with Crippen LogP contribution < -0.4 is 0 Å². The lowest BCUT2D eigenvalue weighted by Gasteiger charge is -2.05. The summed E-state index contributed by atoms with van der Waals surface area (Å²) in [5.41, 5.74) is 0.283. The first-order chi connectivity index (χ1) is 9.08. The van der Waals surface area contributed by atoms with Crippen molar-refractivity contribution in [2.75, 3.05) is 0 Å². The van der Waals surface area contributed by atoms with Gasteiger partial charge >= 0.3 is 0 Å².